The van der Waals surface area contributed by atoms with Crippen LogP contribution in [-0.4, -0.2) is 61.2 Å². The Morgan fingerprint density at radius 3 is 2.06 bits per heavy atom. The molecule has 2 aromatic carbocycles. The van der Waals surface area contributed by atoms with Crippen LogP contribution in [0.4, 0.5) is 0 Å². The number of sulfonamides is 1. The monoisotopic (exact) mass is 501 g/mol. The molecular formula is C27H39N3O4S. The van der Waals surface area contributed by atoms with Gasteiger partial charge in [0.15, 0.2) is 0 Å². The third kappa shape index (κ3) is 8.78. The number of rotatable bonds is 12. The zero-order valence-corrected chi connectivity index (χ0v) is 22.3. The molecule has 0 aliphatic rings. The Kier molecular flexibility index (Phi) is 10.5. The third-order valence-electron chi connectivity index (χ3n) is 5.68. The van der Waals surface area contributed by atoms with Crippen molar-refractivity contribution in [2.24, 2.45) is 0 Å². The lowest BCUT2D eigenvalue weighted by Crippen LogP contribution is -2.54. The molecule has 0 spiro atoms. The van der Waals surface area contributed by atoms with Crippen molar-refractivity contribution >= 4 is 21.8 Å². The summed E-state index contributed by atoms with van der Waals surface area (Å²) in [6.45, 7) is 8.26. The van der Waals surface area contributed by atoms with Crippen LogP contribution >= 0.6 is 0 Å². The Bertz CT molecular complexity index is 1050. The van der Waals surface area contributed by atoms with Crippen molar-refractivity contribution in [3.63, 3.8) is 0 Å². The first-order valence-electron chi connectivity index (χ1n) is 12.1. The molecule has 0 fully saturated rings. The summed E-state index contributed by atoms with van der Waals surface area (Å²) in [4.78, 5) is 28.2. The fourth-order valence-corrected chi connectivity index (χ4v) is 5.07. The molecule has 0 radical (unpaired) electrons. The Balaban J connectivity index is 2.09. The minimum atomic E-state index is -3.61. The average Bonchev–Trinajstić information content (AvgIpc) is 2.81. The molecule has 192 valence electrons. The normalized spacial score (nSPS) is 12.9. The van der Waals surface area contributed by atoms with E-state index in [2.05, 4.69) is 5.32 Å². The van der Waals surface area contributed by atoms with Gasteiger partial charge in [-0.05, 0) is 57.7 Å². The minimum Gasteiger partial charge on any atom is -0.350 e. The van der Waals surface area contributed by atoms with Gasteiger partial charge in [-0.15, -0.1) is 0 Å². The van der Waals surface area contributed by atoms with Gasteiger partial charge in [0.05, 0.1) is 4.90 Å². The van der Waals surface area contributed by atoms with Gasteiger partial charge in [0.25, 0.3) is 0 Å². The van der Waals surface area contributed by atoms with Crippen molar-refractivity contribution in [1.29, 1.82) is 0 Å². The number of benzene rings is 2. The number of nitrogens with one attached hydrogen (secondary N) is 1. The van der Waals surface area contributed by atoms with Gasteiger partial charge in [-0.2, -0.15) is 0 Å². The maximum Gasteiger partial charge on any atom is 0.243 e. The molecule has 1 atom stereocenters. The van der Waals surface area contributed by atoms with Crippen molar-refractivity contribution in [2.75, 3.05) is 20.1 Å². The van der Waals surface area contributed by atoms with Crippen LogP contribution < -0.4 is 5.32 Å². The van der Waals surface area contributed by atoms with E-state index in [9.17, 15) is 18.0 Å². The summed E-state index contributed by atoms with van der Waals surface area (Å²) in [6, 6.07) is 17.5. The van der Waals surface area contributed by atoms with Crippen molar-refractivity contribution in [3.8, 4) is 0 Å². The molecule has 0 bridgehead atoms. The number of carbonyl (C=O) groups excluding carboxylic acids is 2. The molecule has 35 heavy (non-hydrogen) atoms. The maximum absolute atomic E-state index is 13.3. The molecule has 2 amide bonds. The zero-order chi connectivity index (χ0) is 26.1. The number of hydrogen-bond acceptors (Lipinski definition) is 4. The molecule has 0 unspecified atom stereocenters. The Morgan fingerprint density at radius 1 is 0.943 bits per heavy atom. The van der Waals surface area contributed by atoms with E-state index in [0.29, 0.717) is 25.8 Å². The number of amides is 2. The first-order valence-corrected chi connectivity index (χ1v) is 13.6. The van der Waals surface area contributed by atoms with Gasteiger partial charge < -0.3 is 10.2 Å². The topological polar surface area (TPSA) is 86.8 Å². The second kappa shape index (κ2) is 12.8. The Hall–Kier alpha value is -2.71. The summed E-state index contributed by atoms with van der Waals surface area (Å²) < 4.78 is 26.8. The summed E-state index contributed by atoms with van der Waals surface area (Å²) in [5, 5.41) is 3.00. The highest BCUT2D eigenvalue weighted by Gasteiger charge is 2.30. The van der Waals surface area contributed by atoms with Crippen LogP contribution in [-0.2, 0) is 26.0 Å². The molecular weight excluding hydrogens is 462 g/mol. The first kappa shape index (κ1) is 28.5. The fourth-order valence-electron chi connectivity index (χ4n) is 3.84. The Labute approximate surface area is 210 Å². The van der Waals surface area contributed by atoms with E-state index in [-0.39, 0.29) is 29.7 Å². The quantitative estimate of drug-likeness (QED) is 0.479. The third-order valence-corrected chi connectivity index (χ3v) is 7.55. The molecule has 0 aliphatic carbocycles. The van der Waals surface area contributed by atoms with E-state index in [1.54, 1.807) is 35.2 Å². The van der Waals surface area contributed by atoms with Crippen LogP contribution in [0.3, 0.4) is 0 Å². The Morgan fingerprint density at radius 2 is 1.51 bits per heavy atom. The van der Waals surface area contributed by atoms with Gasteiger partial charge >= 0.3 is 0 Å². The van der Waals surface area contributed by atoms with Crippen molar-refractivity contribution in [3.05, 3.63) is 66.2 Å². The highest BCUT2D eigenvalue weighted by Crippen LogP contribution is 2.16. The van der Waals surface area contributed by atoms with E-state index in [1.807, 2.05) is 58.0 Å². The zero-order valence-electron chi connectivity index (χ0n) is 21.5. The summed E-state index contributed by atoms with van der Waals surface area (Å²) in [7, 11) is -2.09. The van der Waals surface area contributed by atoms with Gasteiger partial charge in [-0.1, -0.05) is 55.5 Å². The molecule has 0 saturated heterocycles. The predicted molar refractivity (Wildman–Crippen MR) is 139 cm³/mol. The SMILES string of the molecule is CC[C@H](C(=O)NC(C)(C)C)N(CCc1ccccc1)C(=O)CCCN(C)S(=O)(=O)c1ccccc1. The lowest BCUT2D eigenvalue weighted by molar-refractivity contribution is -0.141. The van der Waals surface area contributed by atoms with Crippen LogP contribution in [0.25, 0.3) is 0 Å². The minimum absolute atomic E-state index is 0.151. The van der Waals surface area contributed by atoms with E-state index in [1.165, 1.54) is 11.4 Å². The van der Waals surface area contributed by atoms with Crippen LogP contribution in [0.15, 0.2) is 65.6 Å². The number of hydrogen-bond donors (Lipinski definition) is 1. The summed E-state index contributed by atoms with van der Waals surface area (Å²) >= 11 is 0. The molecule has 0 saturated carbocycles. The molecule has 2 aromatic rings. The van der Waals surface area contributed by atoms with Crippen LogP contribution in [0.2, 0.25) is 0 Å². The predicted octanol–water partition coefficient (Wildman–Crippen LogP) is 3.85. The molecule has 0 heterocycles. The van der Waals surface area contributed by atoms with Crippen LogP contribution in [0, 0.1) is 0 Å². The summed E-state index contributed by atoms with van der Waals surface area (Å²) in [5.41, 5.74) is 0.678. The van der Waals surface area contributed by atoms with Crippen molar-refractivity contribution in [2.45, 2.75) is 69.9 Å². The first-order chi connectivity index (χ1) is 16.5. The molecule has 7 nitrogen and oxygen atoms in total. The molecule has 1 N–H and O–H groups in total. The lowest BCUT2D eigenvalue weighted by atomic mass is 10.0. The van der Waals surface area contributed by atoms with Gasteiger partial charge in [-0.25, -0.2) is 12.7 Å². The molecule has 2 rings (SSSR count). The largest absolute Gasteiger partial charge is 0.350 e. The van der Waals surface area contributed by atoms with Crippen molar-refractivity contribution < 1.29 is 18.0 Å². The highest BCUT2D eigenvalue weighted by molar-refractivity contribution is 7.89. The smallest absolute Gasteiger partial charge is 0.243 e. The van der Waals surface area contributed by atoms with E-state index < -0.39 is 21.6 Å². The highest BCUT2D eigenvalue weighted by atomic mass is 32.2. The summed E-state index contributed by atoms with van der Waals surface area (Å²) in [6.07, 6.45) is 1.64. The molecule has 8 heteroatoms. The second-order valence-electron chi connectivity index (χ2n) is 9.73. The van der Waals surface area contributed by atoms with Gasteiger partial charge in [0, 0.05) is 32.1 Å². The van der Waals surface area contributed by atoms with Gasteiger partial charge in [-0.3, -0.25) is 9.59 Å². The van der Waals surface area contributed by atoms with Gasteiger partial charge in [0.2, 0.25) is 21.8 Å². The standard InChI is InChI=1S/C27H39N3O4S/c1-6-24(26(32)28-27(2,3)4)30(21-19-22-14-9-7-10-15-22)25(31)18-13-20-29(5)35(33,34)23-16-11-8-12-17-23/h7-12,14-17,24H,6,13,18-21H2,1-5H3,(H,28,32)/t24-/m1/s1. The maximum atomic E-state index is 13.3. The van der Waals surface area contributed by atoms with E-state index in [4.69, 9.17) is 0 Å². The lowest BCUT2D eigenvalue weighted by Gasteiger charge is -2.33. The van der Waals surface area contributed by atoms with Gasteiger partial charge in [0.1, 0.15) is 6.04 Å². The van der Waals surface area contributed by atoms with E-state index in [0.717, 1.165) is 5.56 Å². The van der Waals surface area contributed by atoms with E-state index >= 15 is 0 Å². The average molecular weight is 502 g/mol. The van der Waals surface area contributed by atoms with Crippen LogP contribution in [0.5, 0.6) is 0 Å². The molecule has 0 aromatic heterocycles. The fraction of sp³-hybridized carbons (Fsp3) is 0.481. The second-order valence-corrected chi connectivity index (χ2v) is 11.8. The summed E-state index contributed by atoms with van der Waals surface area (Å²) in [5.74, 6) is -0.326. The van der Waals surface area contributed by atoms with Crippen LogP contribution in [0.1, 0.15) is 52.5 Å². The van der Waals surface area contributed by atoms with Crippen molar-refractivity contribution in [1.82, 2.24) is 14.5 Å². The molecule has 0 aliphatic heterocycles. The number of carbonyl (C=O) groups is 2. The number of nitrogens with zero attached hydrogens (tertiary/aromatic N) is 2.